The Balaban J connectivity index is 0.000000310. The molecule has 30 heavy (non-hydrogen) atoms. The van der Waals surface area contributed by atoms with Crippen LogP contribution in [0.3, 0.4) is 0 Å². The van der Waals surface area contributed by atoms with Crippen LogP contribution >= 0.6 is 23.2 Å². The first-order chi connectivity index (χ1) is 14.5. The van der Waals surface area contributed by atoms with Gasteiger partial charge in [-0.05, 0) is 61.4 Å². The van der Waals surface area contributed by atoms with Crippen molar-refractivity contribution >= 4 is 35.0 Å². The Morgan fingerprint density at radius 2 is 1.60 bits per heavy atom. The number of carbonyl (C=O) groups is 2. The first-order valence-corrected chi connectivity index (χ1v) is 10.9. The highest BCUT2D eigenvalue weighted by molar-refractivity contribution is 6.30. The van der Waals surface area contributed by atoms with Crippen LogP contribution in [0, 0.1) is 11.8 Å². The minimum absolute atomic E-state index is 0.0201. The summed E-state index contributed by atoms with van der Waals surface area (Å²) >= 11 is 11.5. The Morgan fingerprint density at radius 3 is 2.13 bits per heavy atom. The molecular weight excluding hydrogens is 423 g/mol. The van der Waals surface area contributed by atoms with Crippen LogP contribution in [0.25, 0.3) is 0 Å². The molecule has 2 N–H and O–H groups in total. The number of hydroxylamine groups is 1. The minimum Gasteiger partial charge on any atom is -0.335 e. The van der Waals surface area contributed by atoms with Crippen molar-refractivity contribution in [1.82, 2.24) is 10.4 Å². The number of nitrogens with one attached hydrogen (secondary N) is 1. The molecule has 2 aliphatic rings. The van der Waals surface area contributed by atoms with Gasteiger partial charge in [0.15, 0.2) is 0 Å². The molecule has 2 atom stereocenters. The van der Waals surface area contributed by atoms with E-state index in [1.54, 1.807) is 5.48 Å². The Bertz CT molecular complexity index is 841. The molecule has 1 unspecified atom stereocenters. The van der Waals surface area contributed by atoms with Gasteiger partial charge in [0.2, 0.25) is 11.8 Å². The zero-order chi connectivity index (χ0) is 21.5. The Morgan fingerprint density at radius 1 is 0.967 bits per heavy atom. The molecule has 1 aliphatic heterocycles. The largest absolute Gasteiger partial charge is 0.335 e. The second-order valence-corrected chi connectivity index (χ2v) is 8.68. The maximum Gasteiger partial charge on any atom is 0.244 e. The summed E-state index contributed by atoms with van der Waals surface area (Å²) < 4.78 is 0. The van der Waals surface area contributed by atoms with Gasteiger partial charge in [0.05, 0.1) is 6.04 Å². The standard InChI is InChI=1S/C17H21ClN2O3.C6H5Cl/c18-14-6-3-12(4-7-14)15-8-5-13(9-16(21)19-23)17(22)20(15)10-11-1-2-11;7-6-4-2-1-3-5-6/h3-4,6-7,11,13,15,23H,1-2,5,8-10H2,(H,19,21);1-5H/t13?,15-;/m0./s1. The zero-order valence-corrected chi connectivity index (χ0v) is 18.1. The van der Waals surface area contributed by atoms with Gasteiger partial charge >= 0.3 is 0 Å². The van der Waals surface area contributed by atoms with Gasteiger partial charge in [0.1, 0.15) is 0 Å². The van der Waals surface area contributed by atoms with E-state index in [0.29, 0.717) is 17.4 Å². The molecule has 0 aromatic heterocycles. The molecule has 1 aliphatic carbocycles. The van der Waals surface area contributed by atoms with E-state index in [9.17, 15) is 9.59 Å². The lowest BCUT2D eigenvalue weighted by molar-refractivity contribution is -0.146. The highest BCUT2D eigenvalue weighted by Crippen LogP contribution is 2.39. The molecule has 2 fully saturated rings. The van der Waals surface area contributed by atoms with Crippen molar-refractivity contribution < 1.29 is 14.8 Å². The third kappa shape index (κ3) is 6.46. The summed E-state index contributed by atoms with van der Waals surface area (Å²) in [6.07, 6.45) is 3.85. The molecule has 1 heterocycles. The predicted octanol–water partition coefficient (Wildman–Crippen LogP) is 5.27. The van der Waals surface area contributed by atoms with Crippen molar-refractivity contribution in [3.8, 4) is 0 Å². The number of hydrogen-bond donors (Lipinski definition) is 2. The topological polar surface area (TPSA) is 69.6 Å². The SMILES string of the molecule is Clc1ccccc1.O=C(CC1CC[C@@H](c2ccc(Cl)cc2)N(CC2CC2)C1=O)NO. The zero-order valence-electron chi connectivity index (χ0n) is 16.6. The summed E-state index contributed by atoms with van der Waals surface area (Å²) in [5.41, 5.74) is 2.72. The molecular formula is C23H26Cl2N2O3. The molecule has 0 radical (unpaired) electrons. The Kier molecular flexibility index (Phi) is 8.14. The molecule has 0 spiro atoms. The lowest BCUT2D eigenvalue weighted by Gasteiger charge is -2.39. The summed E-state index contributed by atoms with van der Waals surface area (Å²) in [6, 6.07) is 17.1. The van der Waals surface area contributed by atoms with E-state index < -0.39 is 5.91 Å². The van der Waals surface area contributed by atoms with Crippen LogP contribution < -0.4 is 5.48 Å². The van der Waals surface area contributed by atoms with E-state index in [4.69, 9.17) is 28.4 Å². The number of hydrogen-bond acceptors (Lipinski definition) is 3. The fraction of sp³-hybridized carbons (Fsp3) is 0.391. The molecule has 2 aromatic carbocycles. The molecule has 4 rings (SSSR count). The molecule has 1 saturated carbocycles. The van der Waals surface area contributed by atoms with E-state index in [1.807, 2.05) is 59.5 Å². The number of nitrogens with zero attached hydrogens (tertiary/aromatic N) is 1. The predicted molar refractivity (Wildman–Crippen MR) is 117 cm³/mol. The van der Waals surface area contributed by atoms with Crippen LogP contribution in [-0.4, -0.2) is 28.5 Å². The minimum atomic E-state index is -0.500. The number of benzene rings is 2. The smallest absolute Gasteiger partial charge is 0.244 e. The highest BCUT2D eigenvalue weighted by atomic mass is 35.5. The number of likely N-dealkylation sites (tertiary alicyclic amines) is 1. The summed E-state index contributed by atoms with van der Waals surface area (Å²) in [4.78, 5) is 26.2. The molecule has 0 bridgehead atoms. The van der Waals surface area contributed by atoms with E-state index in [0.717, 1.165) is 23.6 Å². The number of amides is 2. The van der Waals surface area contributed by atoms with Gasteiger partial charge in [-0.1, -0.05) is 53.5 Å². The molecule has 7 heteroatoms. The van der Waals surface area contributed by atoms with Crippen LogP contribution in [0.1, 0.15) is 43.7 Å². The third-order valence-corrected chi connectivity index (χ3v) is 6.00. The Labute approximate surface area is 186 Å². The molecule has 160 valence electrons. The maximum absolute atomic E-state index is 12.8. The van der Waals surface area contributed by atoms with Crippen LogP contribution in [0.2, 0.25) is 10.0 Å². The molecule has 1 saturated heterocycles. The van der Waals surface area contributed by atoms with E-state index in [-0.39, 0.29) is 24.3 Å². The normalized spacial score (nSPS) is 20.9. The quantitative estimate of drug-likeness (QED) is 0.483. The van der Waals surface area contributed by atoms with E-state index in [2.05, 4.69) is 0 Å². The van der Waals surface area contributed by atoms with Gasteiger partial charge in [0, 0.05) is 28.9 Å². The van der Waals surface area contributed by atoms with Crippen LogP contribution in [0.5, 0.6) is 0 Å². The van der Waals surface area contributed by atoms with Crippen molar-refractivity contribution in [1.29, 1.82) is 0 Å². The number of halogens is 2. The average molecular weight is 449 g/mol. The molecule has 2 amide bonds. The highest BCUT2D eigenvalue weighted by Gasteiger charge is 2.39. The average Bonchev–Trinajstić information content (AvgIpc) is 3.57. The van der Waals surface area contributed by atoms with Crippen molar-refractivity contribution in [2.75, 3.05) is 6.54 Å². The summed E-state index contributed by atoms with van der Waals surface area (Å²) in [5.74, 6) is -0.241. The number of carbonyl (C=O) groups excluding carboxylic acids is 2. The molecule has 2 aromatic rings. The van der Waals surface area contributed by atoms with Crippen molar-refractivity contribution in [2.24, 2.45) is 11.8 Å². The fourth-order valence-corrected chi connectivity index (χ4v) is 4.00. The fourth-order valence-electron chi connectivity index (χ4n) is 3.73. The maximum atomic E-state index is 12.8. The van der Waals surface area contributed by atoms with Gasteiger partial charge in [-0.2, -0.15) is 0 Å². The second-order valence-electron chi connectivity index (χ2n) is 7.81. The summed E-state index contributed by atoms with van der Waals surface area (Å²) in [6.45, 7) is 0.753. The first-order valence-electron chi connectivity index (χ1n) is 10.2. The van der Waals surface area contributed by atoms with E-state index in [1.165, 1.54) is 12.8 Å². The van der Waals surface area contributed by atoms with Crippen LogP contribution in [0.15, 0.2) is 54.6 Å². The van der Waals surface area contributed by atoms with Gasteiger partial charge in [-0.25, -0.2) is 5.48 Å². The lowest BCUT2D eigenvalue weighted by atomic mass is 9.86. The van der Waals surface area contributed by atoms with Crippen molar-refractivity contribution in [3.05, 3.63) is 70.2 Å². The van der Waals surface area contributed by atoms with Crippen LogP contribution in [-0.2, 0) is 9.59 Å². The van der Waals surface area contributed by atoms with Gasteiger partial charge in [-0.15, -0.1) is 0 Å². The van der Waals surface area contributed by atoms with Crippen molar-refractivity contribution in [2.45, 2.75) is 38.1 Å². The van der Waals surface area contributed by atoms with Crippen LogP contribution in [0.4, 0.5) is 0 Å². The van der Waals surface area contributed by atoms with Crippen molar-refractivity contribution in [3.63, 3.8) is 0 Å². The van der Waals surface area contributed by atoms with Gasteiger partial charge in [0.25, 0.3) is 0 Å². The summed E-state index contributed by atoms with van der Waals surface area (Å²) in [5, 5.41) is 10.2. The lowest BCUT2D eigenvalue weighted by Crippen LogP contribution is -2.45. The monoisotopic (exact) mass is 448 g/mol. The third-order valence-electron chi connectivity index (χ3n) is 5.49. The molecule has 5 nitrogen and oxygen atoms in total. The number of rotatable bonds is 5. The first kappa shape index (κ1) is 22.6. The second kappa shape index (κ2) is 10.8. The summed E-state index contributed by atoms with van der Waals surface area (Å²) in [7, 11) is 0. The van der Waals surface area contributed by atoms with Gasteiger partial charge in [-0.3, -0.25) is 14.8 Å². The Hall–Kier alpha value is -2.08. The number of piperidine rings is 1. The van der Waals surface area contributed by atoms with Gasteiger partial charge < -0.3 is 4.90 Å². The van der Waals surface area contributed by atoms with E-state index >= 15 is 0 Å².